The van der Waals surface area contributed by atoms with E-state index in [-0.39, 0.29) is 17.7 Å². The number of nitrogens with one attached hydrogen (secondary N) is 1. The van der Waals surface area contributed by atoms with Gasteiger partial charge in [0, 0.05) is 12.1 Å². The minimum absolute atomic E-state index is 0.137. The highest BCUT2D eigenvalue weighted by Crippen LogP contribution is 2.28. The minimum atomic E-state index is -3.31. The number of aryl methyl sites for hydroxylation is 2. The smallest absolute Gasteiger partial charge is 0.251 e. The van der Waals surface area contributed by atoms with Gasteiger partial charge in [-0.05, 0) is 62.4 Å². The third-order valence-corrected chi connectivity index (χ3v) is 6.95. The Bertz CT molecular complexity index is 954. The van der Waals surface area contributed by atoms with E-state index in [4.69, 9.17) is 0 Å². The fourth-order valence-corrected chi connectivity index (χ4v) is 5.20. The lowest BCUT2D eigenvalue weighted by molar-refractivity contribution is 0.0940. The van der Waals surface area contributed by atoms with Crippen molar-refractivity contribution in [3.8, 4) is 0 Å². The van der Waals surface area contributed by atoms with Gasteiger partial charge in [0.15, 0.2) is 0 Å². The molecular formula is C21H26N2O3S. The number of nitrogens with zero attached hydrogens (tertiary/aromatic N) is 1. The molecule has 144 valence electrons. The van der Waals surface area contributed by atoms with Crippen molar-refractivity contribution in [3.05, 3.63) is 64.7 Å². The van der Waals surface area contributed by atoms with Gasteiger partial charge in [0.25, 0.3) is 5.91 Å². The molecule has 0 bridgehead atoms. The summed E-state index contributed by atoms with van der Waals surface area (Å²) < 4.78 is 26.3. The van der Waals surface area contributed by atoms with Crippen LogP contribution in [0.3, 0.4) is 0 Å². The van der Waals surface area contributed by atoms with Crippen LogP contribution in [0.2, 0.25) is 0 Å². The van der Waals surface area contributed by atoms with Gasteiger partial charge in [-0.15, -0.1) is 0 Å². The van der Waals surface area contributed by atoms with Crippen LogP contribution in [-0.4, -0.2) is 26.6 Å². The van der Waals surface area contributed by atoms with Gasteiger partial charge in [0.1, 0.15) is 0 Å². The Labute approximate surface area is 161 Å². The van der Waals surface area contributed by atoms with Crippen LogP contribution in [0.5, 0.6) is 0 Å². The van der Waals surface area contributed by atoms with Crippen molar-refractivity contribution in [2.24, 2.45) is 0 Å². The van der Waals surface area contributed by atoms with Crippen molar-refractivity contribution >= 4 is 21.6 Å². The fraction of sp³-hybridized carbons (Fsp3) is 0.381. The van der Waals surface area contributed by atoms with E-state index < -0.39 is 10.0 Å². The van der Waals surface area contributed by atoms with Crippen molar-refractivity contribution < 1.29 is 13.2 Å². The molecule has 0 aromatic heterocycles. The molecular weight excluding hydrogens is 360 g/mol. The third kappa shape index (κ3) is 4.16. The van der Waals surface area contributed by atoms with Crippen LogP contribution in [0.4, 0.5) is 5.69 Å². The van der Waals surface area contributed by atoms with Crippen LogP contribution in [-0.2, 0) is 10.0 Å². The standard InChI is InChI=1S/C21H26N2O3S/c1-15-8-4-5-9-19(15)17(3)22-21(24)18-11-10-16(2)20(14-18)23-12-6-7-13-27(23,25)26/h4-5,8-11,14,17H,6-7,12-13H2,1-3H3,(H,22,24)/t17-/m1/s1. The van der Waals surface area contributed by atoms with Crippen molar-refractivity contribution in [2.45, 2.75) is 39.7 Å². The van der Waals surface area contributed by atoms with Gasteiger partial charge in [-0.25, -0.2) is 8.42 Å². The molecule has 3 rings (SSSR count). The number of rotatable bonds is 4. The summed E-state index contributed by atoms with van der Waals surface area (Å²) in [5.74, 6) is -0.0471. The maximum absolute atomic E-state index is 12.8. The summed E-state index contributed by atoms with van der Waals surface area (Å²) >= 11 is 0. The highest BCUT2D eigenvalue weighted by atomic mass is 32.2. The highest BCUT2D eigenvalue weighted by molar-refractivity contribution is 7.92. The molecule has 1 heterocycles. The summed E-state index contributed by atoms with van der Waals surface area (Å²) in [5.41, 5.74) is 4.11. The second-order valence-corrected chi connectivity index (χ2v) is 9.16. The molecule has 0 saturated carbocycles. The summed E-state index contributed by atoms with van der Waals surface area (Å²) in [6.07, 6.45) is 1.52. The average molecular weight is 387 g/mol. The second-order valence-electron chi connectivity index (χ2n) is 7.15. The van der Waals surface area contributed by atoms with Crippen molar-refractivity contribution in [1.82, 2.24) is 5.32 Å². The van der Waals surface area contributed by atoms with E-state index in [9.17, 15) is 13.2 Å². The summed E-state index contributed by atoms with van der Waals surface area (Å²) in [6.45, 7) is 6.30. The highest BCUT2D eigenvalue weighted by Gasteiger charge is 2.27. The second kappa shape index (κ2) is 7.72. The van der Waals surface area contributed by atoms with Gasteiger partial charge < -0.3 is 5.32 Å². The zero-order chi connectivity index (χ0) is 19.6. The largest absolute Gasteiger partial charge is 0.346 e. The first-order valence-corrected chi connectivity index (χ1v) is 10.9. The molecule has 27 heavy (non-hydrogen) atoms. The maximum Gasteiger partial charge on any atom is 0.251 e. The van der Waals surface area contributed by atoms with Gasteiger partial charge in [0.2, 0.25) is 10.0 Å². The minimum Gasteiger partial charge on any atom is -0.346 e. The summed E-state index contributed by atoms with van der Waals surface area (Å²) in [6, 6.07) is 13.1. The summed E-state index contributed by atoms with van der Waals surface area (Å²) in [5, 5.41) is 3.02. The van der Waals surface area contributed by atoms with Crippen molar-refractivity contribution in [2.75, 3.05) is 16.6 Å². The topological polar surface area (TPSA) is 66.5 Å². The first kappa shape index (κ1) is 19.4. The monoisotopic (exact) mass is 386 g/mol. The molecule has 1 saturated heterocycles. The van der Waals surface area contributed by atoms with E-state index in [0.717, 1.165) is 23.1 Å². The zero-order valence-corrected chi connectivity index (χ0v) is 16.8. The molecule has 1 N–H and O–H groups in total. The number of amides is 1. The molecule has 0 radical (unpaired) electrons. The van der Waals surface area contributed by atoms with Gasteiger partial charge in [-0.2, -0.15) is 0 Å². The SMILES string of the molecule is Cc1ccccc1[C@@H](C)NC(=O)c1ccc(C)c(N2CCCCS2(=O)=O)c1. The number of carbonyl (C=O) groups excluding carboxylic acids is 1. The van der Waals surface area contributed by atoms with Gasteiger partial charge in [-0.3, -0.25) is 9.10 Å². The van der Waals surface area contributed by atoms with Crippen LogP contribution >= 0.6 is 0 Å². The van der Waals surface area contributed by atoms with Gasteiger partial charge in [-0.1, -0.05) is 30.3 Å². The quantitative estimate of drug-likeness (QED) is 0.871. The number of hydrogen-bond donors (Lipinski definition) is 1. The average Bonchev–Trinajstić information content (AvgIpc) is 2.62. The van der Waals surface area contributed by atoms with Crippen LogP contribution in [0.15, 0.2) is 42.5 Å². The Morgan fingerprint density at radius 2 is 1.81 bits per heavy atom. The Kier molecular flexibility index (Phi) is 5.56. The first-order chi connectivity index (χ1) is 12.8. The van der Waals surface area contributed by atoms with E-state index in [2.05, 4.69) is 5.32 Å². The van der Waals surface area contributed by atoms with Crippen molar-refractivity contribution in [1.29, 1.82) is 0 Å². The molecule has 1 fully saturated rings. The summed E-state index contributed by atoms with van der Waals surface area (Å²) in [7, 11) is -3.31. The number of benzene rings is 2. The molecule has 0 unspecified atom stereocenters. The summed E-state index contributed by atoms with van der Waals surface area (Å²) in [4.78, 5) is 12.8. The Morgan fingerprint density at radius 1 is 1.07 bits per heavy atom. The van der Waals surface area contributed by atoms with E-state index in [1.165, 1.54) is 4.31 Å². The predicted molar refractivity (Wildman–Crippen MR) is 109 cm³/mol. The normalized spacial score (nSPS) is 17.4. The lowest BCUT2D eigenvalue weighted by Gasteiger charge is -2.29. The predicted octanol–water partition coefficient (Wildman–Crippen LogP) is 3.72. The Balaban J connectivity index is 1.85. The lowest BCUT2D eigenvalue weighted by Crippen LogP contribution is -2.38. The van der Waals surface area contributed by atoms with Gasteiger partial charge >= 0.3 is 0 Å². The molecule has 0 spiro atoms. The Hall–Kier alpha value is -2.34. The molecule has 2 aromatic rings. The van der Waals surface area contributed by atoms with Crippen molar-refractivity contribution in [3.63, 3.8) is 0 Å². The molecule has 1 aliphatic heterocycles. The van der Waals surface area contributed by atoms with Crippen LogP contribution in [0.25, 0.3) is 0 Å². The Morgan fingerprint density at radius 3 is 2.52 bits per heavy atom. The van der Waals surface area contributed by atoms with Crippen LogP contribution in [0.1, 0.15) is 52.9 Å². The van der Waals surface area contributed by atoms with E-state index in [1.807, 2.05) is 51.1 Å². The maximum atomic E-state index is 12.8. The van der Waals surface area contributed by atoms with E-state index in [1.54, 1.807) is 12.1 Å². The number of sulfonamides is 1. The molecule has 1 aliphatic rings. The molecule has 1 amide bonds. The first-order valence-electron chi connectivity index (χ1n) is 9.27. The van der Waals surface area contributed by atoms with Gasteiger partial charge in [0.05, 0.1) is 17.5 Å². The number of hydrogen-bond acceptors (Lipinski definition) is 3. The molecule has 6 heteroatoms. The van der Waals surface area contributed by atoms with Crippen LogP contribution in [0, 0.1) is 13.8 Å². The zero-order valence-electron chi connectivity index (χ0n) is 16.0. The number of anilines is 1. The molecule has 0 aliphatic carbocycles. The third-order valence-electron chi connectivity index (χ3n) is 5.09. The van der Waals surface area contributed by atoms with E-state index in [0.29, 0.717) is 24.2 Å². The lowest BCUT2D eigenvalue weighted by atomic mass is 10.0. The molecule has 2 aromatic carbocycles. The van der Waals surface area contributed by atoms with Crippen LogP contribution < -0.4 is 9.62 Å². The molecule has 1 atom stereocenters. The molecule has 5 nitrogen and oxygen atoms in total. The van der Waals surface area contributed by atoms with E-state index >= 15 is 0 Å². The number of carbonyl (C=O) groups is 1. The fourth-order valence-electron chi connectivity index (χ4n) is 3.51.